The van der Waals surface area contributed by atoms with Crippen LogP contribution in [0.2, 0.25) is 5.82 Å². The van der Waals surface area contributed by atoms with Crippen LogP contribution in [-0.2, 0) is 0 Å². The Bertz CT molecular complexity index is 335. The molecule has 6 heteroatoms. The smallest absolute Gasteiger partial charge is 0.449 e. The van der Waals surface area contributed by atoms with Crippen molar-refractivity contribution in [3.63, 3.8) is 0 Å². The molecule has 0 saturated heterocycles. The second-order valence-electron chi connectivity index (χ2n) is 3.68. The van der Waals surface area contributed by atoms with E-state index in [0.29, 0.717) is 5.56 Å². The molecule has 0 bridgehead atoms. The molecule has 0 spiro atoms. The van der Waals surface area contributed by atoms with Gasteiger partial charge in [-0.05, 0) is 23.6 Å². The van der Waals surface area contributed by atoms with E-state index in [1.165, 1.54) is 24.3 Å². The molecular formula is C9H8BF4K. The van der Waals surface area contributed by atoms with E-state index >= 15 is 0 Å². The van der Waals surface area contributed by atoms with E-state index in [1.54, 1.807) is 0 Å². The van der Waals surface area contributed by atoms with Crippen molar-refractivity contribution >= 4 is 6.98 Å². The van der Waals surface area contributed by atoms with Crippen LogP contribution in [0, 0.1) is 5.82 Å². The summed E-state index contributed by atoms with van der Waals surface area (Å²) in [5.41, 5.74) is 0.593. The molecule has 0 aromatic heterocycles. The number of hydrogen-bond donors (Lipinski definition) is 0. The van der Waals surface area contributed by atoms with Crippen LogP contribution in [0.25, 0.3) is 0 Å². The number of benzene rings is 1. The molecular weight excluding hydrogens is 234 g/mol. The molecule has 1 aliphatic rings. The average Bonchev–Trinajstić information content (AvgIpc) is 2.83. The molecule has 2 rings (SSSR count). The Morgan fingerprint density at radius 1 is 1.07 bits per heavy atom. The number of hydrogen-bond acceptors (Lipinski definition) is 0. The summed E-state index contributed by atoms with van der Waals surface area (Å²) in [4.78, 5) is 0. The maximum Gasteiger partial charge on any atom is 1.00 e. The van der Waals surface area contributed by atoms with E-state index in [4.69, 9.17) is 0 Å². The summed E-state index contributed by atoms with van der Waals surface area (Å²) < 4.78 is 49.2. The molecule has 2 atom stereocenters. The van der Waals surface area contributed by atoms with Gasteiger partial charge in [0.15, 0.2) is 0 Å². The molecule has 0 radical (unpaired) electrons. The molecule has 0 aliphatic heterocycles. The van der Waals surface area contributed by atoms with Crippen molar-refractivity contribution in [2.75, 3.05) is 0 Å². The van der Waals surface area contributed by atoms with Crippen molar-refractivity contribution < 1.29 is 68.7 Å². The van der Waals surface area contributed by atoms with Crippen molar-refractivity contribution in [2.24, 2.45) is 0 Å². The van der Waals surface area contributed by atoms with E-state index in [2.05, 4.69) is 0 Å². The van der Waals surface area contributed by atoms with Crippen molar-refractivity contribution in [1.29, 1.82) is 0 Å². The first-order valence-corrected chi connectivity index (χ1v) is 4.44. The van der Waals surface area contributed by atoms with Gasteiger partial charge in [-0.1, -0.05) is 24.4 Å². The zero-order chi connectivity index (χ0) is 10.3. The minimum absolute atomic E-state index is 0. The fraction of sp³-hybridized carbons (Fsp3) is 0.333. The van der Waals surface area contributed by atoms with Gasteiger partial charge in [-0.2, -0.15) is 0 Å². The third-order valence-electron chi connectivity index (χ3n) is 2.62. The normalized spacial score (nSPS) is 24.5. The first-order chi connectivity index (χ1) is 6.48. The van der Waals surface area contributed by atoms with E-state index in [0.717, 1.165) is 0 Å². The summed E-state index contributed by atoms with van der Waals surface area (Å²) in [6, 6.07) is 5.27. The molecule has 15 heavy (non-hydrogen) atoms. The molecule has 0 nitrogen and oxygen atoms in total. The van der Waals surface area contributed by atoms with Gasteiger partial charge in [0, 0.05) is 0 Å². The van der Waals surface area contributed by atoms with Gasteiger partial charge in [-0.15, -0.1) is 0 Å². The maximum absolute atomic E-state index is 12.5. The van der Waals surface area contributed by atoms with E-state index in [1.807, 2.05) is 0 Å². The number of rotatable bonds is 2. The van der Waals surface area contributed by atoms with Crippen LogP contribution in [0.15, 0.2) is 24.3 Å². The molecule has 1 fully saturated rings. The summed E-state index contributed by atoms with van der Waals surface area (Å²) in [5.74, 6) is -2.01. The summed E-state index contributed by atoms with van der Waals surface area (Å²) in [6.07, 6.45) is 0.162. The molecule has 0 N–H and O–H groups in total. The zero-order valence-corrected chi connectivity index (χ0v) is 11.4. The van der Waals surface area contributed by atoms with Crippen molar-refractivity contribution in [1.82, 2.24) is 0 Å². The summed E-state index contributed by atoms with van der Waals surface area (Å²) in [7, 11) is 0. The quantitative estimate of drug-likeness (QED) is 0.524. The largest absolute Gasteiger partial charge is 1.00 e. The van der Waals surface area contributed by atoms with Crippen LogP contribution < -0.4 is 51.4 Å². The number of halogens is 4. The molecule has 1 aromatic carbocycles. The Labute approximate surface area is 128 Å². The Hall–Kier alpha value is 0.641. The van der Waals surface area contributed by atoms with Gasteiger partial charge in [-0.3, -0.25) is 0 Å². The van der Waals surface area contributed by atoms with Crippen LogP contribution >= 0.6 is 0 Å². The summed E-state index contributed by atoms with van der Waals surface area (Å²) >= 11 is 0. The van der Waals surface area contributed by atoms with E-state index < -0.39 is 24.5 Å². The van der Waals surface area contributed by atoms with Gasteiger partial charge < -0.3 is 12.9 Å². The SMILES string of the molecule is Fc1ccc([C@@H]2C[C@H]2[B-](F)(F)F)cc1.[K+]. The third-order valence-corrected chi connectivity index (χ3v) is 2.62. The minimum Gasteiger partial charge on any atom is -0.449 e. The second kappa shape index (κ2) is 4.87. The van der Waals surface area contributed by atoms with E-state index in [-0.39, 0.29) is 57.8 Å². The van der Waals surface area contributed by atoms with E-state index in [9.17, 15) is 17.3 Å². The van der Waals surface area contributed by atoms with Gasteiger partial charge in [0.25, 0.3) is 0 Å². The van der Waals surface area contributed by atoms with Crippen molar-refractivity contribution in [3.05, 3.63) is 35.6 Å². The second-order valence-corrected chi connectivity index (χ2v) is 3.68. The fourth-order valence-corrected chi connectivity index (χ4v) is 1.73. The Kier molecular flexibility index (Phi) is 4.45. The minimum atomic E-state index is -4.73. The maximum atomic E-state index is 12.5. The molecule has 0 unspecified atom stereocenters. The van der Waals surface area contributed by atoms with Gasteiger partial charge >= 0.3 is 58.4 Å². The monoisotopic (exact) mass is 242 g/mol. The predicted molar refractivity (Wildman–Crippen MR) is 46.6 cm³/mol. The van der Waals surface area contributed by atoms with Crippen LogP contribution in [0.3, 0.4) is 0 Å². The summed E-state index contributed by atoms with van der Waals surface area (Å²) in [6.45, 7) is -4.73. The predicted octanol–water partition coefficient (Wildman–Crippen LogP) is 0.535. The van der Waals surface area contributed by atoms with Gasteiger partial charge in [-0.25, -0.2) is 4.39 Å². The fourth-order valence-electron chi connectivity index (χ4n) is 1.73. The Morgan fingerprint density at radius 3 is 2.00 bits per heavy atom. The average molecular weight is 242 g/mol. The molecule has 0 amide bonds. The molecule has 76 valence electrons. The van der Waals surface area contributed by atoms with Crippen molar-refractivity contribution in [2.45, 2.75) is 18.2 Å². The van der Waals surface area contributed by atoms with Crippen LogP contribution in [0.5, 0.6) is 0 Å². The van der Waals surface area contributed by atoms with Crippen LogP contribution in [-0.4, -0.2) is 6.98 Å². The van der Waals surface area contributed by atoms with Crippen LogP contribution in [0.4, 0.5) is 17.3 Å². The topological polar surface area (TPSA) is 0 Å². The molecule has 1 saturated carbocycles. The zero-order valence-electron chi connectivity index (χ0n) is 8.26. The first kappa shape index (κ1) is 13.7. The van der Waals surface area contributed by atoms with Crippen LogP contribution in [0.1, 0.15) is 17.9 Å². The molecule has 1 aliphatic carbocycles. The van der Waals surface area contributed by atoms with Crippen molar-refractivity contribution in [3.8, 4) is 0 Å². The standard InChI is InChI=1S/C9H8BF4.K/c11-7-3-1-6(2-4-7)8-5-9(8)10(12,13)14;/h1-4,8-9H,5H2;/q-1;+1/t8-,9+;/m0./s1. The van der Waals surface area contributed by atoms with Gasteiger partial charge in [0.2, 0.25) is 0 Å². The summed E-state index contributed by atoms with van der Waals surface area (Å²) in [5, 5.41) is 0. The van der Waals surface area contributed by atoms with Gasteiger partial charge in [0.1, 0.15) is 5.82 Å². The molecule has 1 aromatic rings. The van der Waals surface area contributed by atoms with Gasteiger partial charge in [0.05, 0.1) is 0 Å². The Morgan fingerprint density at radius 2 is 1.60 bits per heavy atom. The third kappa shape index (κ3) is 3.30. The Balaban J connectivity index is 0.00000112. The molecule has 0 heterocycles. The first-order valence-electron chi connectivity index (χ1n) is 4.44.